The number of para-hydroxylation sites is 1. The van der Waals surface area contributed by atoms with E-state index in [-0.39, 0.29) is 5.91 Å². The minimum atomic E-state index is -0.0795. The van der Waals surface area contributed by atoms with Crippen molar-refractivity contribution >= 4 is 39.7 Å². The lowest BCUT2D eigenvalue weighted by atomic mass is 10.1. The number of carbonyl (C=O) groups excluding carboxylic acids is 1. The molecule has 0 saturated heterocycles. The molecule has 2 aromatic heterocycles. The second-order valence-electron chi connectivity index (χ2n) is 8.89. The van der Waals surface area contributed by atoms with Crippen LogP contribution in [-0.2, 0) is 19.5 Å². The number of thiazole rings is 1. The van der Waals surface area contributed by atoms with Gasteiger partial charge in [0.15, 0.2) is 0 Å². The first-order valence-electron chi connectivity index (χ1n) is 12.4. The number of amides is 1. The summed E-state index contributed by atoms with van der Waals surface area (Å²) in [6.07, 6.45) is 7.58. The van der Waals surface area contributed by atoms with Gasteiger partial charge >= 0.3 is 0 Å². The van der Waals surface area contributed by atoms with Gasteiger partial charge in [0, 0.05) is 47.1 Å². The molecule has 4 rings (SSSR count). The molecule has 0 spiro atoms. The van der Waals surface area contributed by atoms with Crippen molar-refractivity contribution in [2.75, 3.05) is 13.1 Å². The van der Waals surface area contributed by atoms with Gasteiger partial charge < -0.3 is 10.3 Å². The average Bonchev–Trinajstić information content (AvgIpc) is 3.49. The first-order chi connectivity index (χ1) is 17.1. The van der Waals surface area contributed by atoms with Crippen molar-refractivity contribution in [2.24, 2.45) is 0 Å². The number of nitrogens with zero attached hydrogens (tertiary/aromatic N) is 2. The molecule has 0 saturated carbocycles. The number of unbranched alkanes of at least 4 members (excludes halogenated alkanes) is 3. The number of hydrogen-bond acceptors (Lipinski definition) is 4. The van der Waals surface area contributed by atoms with E-state index < -0.39 is 0 Å². The van der Waals surface area contributed by atoms with Gasteiger partial charge in [-0.3, -0.25) is 9.69 Å². The zero-order chi connectivity index (χ0) is 24.5. The fraction of sp³-hybridized carbons (Fsp3) is 0.357. The number of carbonyl (C=O) groups is 1. The second kappa shape index (κ2) is 12.9. The monoisotopic (exact) mass is 508 g/mol. The lowest BCUT2D eigenvalue weighted by Crippen LogP contribution is -2.26. The summed E-state index contributed by atoms with van der Waals surface area (Å²) >= 11 is 7.79. The molecule has 7 heteroatoms. The molecule has 4 aromatic rings. The Morgan fingerprint density at radius 3 is 2.86 bits per heavy atom. The maximum absolute atomic E-state index is 12.5. The summed E-state index contributed by atoms with van der Waals surface area (Å²) in [4.78, 5) is 22.9. The maximum atomic E-state index is 12.5. The first-order valence-corrected chi connectivity index (χ1v) is 13.6. The van der Waals surface area contributed by atoms with E-state index in [4.69, 9.17) is 11.6 Å². The van der Waals surface area contributed by atoms with Crippen LogP contribution >= 0.6 is 22.9 Å². The van der Waals surface area contributed by atoms with E-state index in [1.807, 2.05) is 23.6 Å². The molecular formula is C28H33ClN4OS. The molecular weight excluding hydrogens is 476 g/mol. The Morgan fingerprint density at radius 2 is 2.00 bits per heavy atom. The Balaban J connectivity index is 1.41. The number of fused-ring (bicyclic) bond motifs is 1. The molecule has 184 valence electrons. The van der Waals surface area contributed by atoms with Crippen molar-refractivity contribution < 1.29 is 4.79 Å². The molecule has 0 bridgehead atoms. The number of aromatic nitrogens is 2. The molecule has 0 atom stereocenters. The number of benzene rings is 2. The second-order valence-corrected chi connectivity index (χ2v) is 10.3. The number of hydrogen-bond donors (Lipinski definition) is 2. The van der Waals surface area contributed by atoms with Crippen LogP contribution in [0.2, 0.25) is 5.02 Å². The highest BCUT2D eigenvalue weighted by atomic mass is 35.5. The SMILES string of the molecule is CCCCCCNC(=O)c1csc(CN(CCc2c[nH]c3ccccc23)Cc2cccc(Cl)c2)n1. The zero-order valence-electron chi connectivity index (χ0n) is 20.2. The van der Waals surface area contributed by atoms with Gasteiger partial charge in [-0.1, -0.05) is 68.1 Å². The molecule has 0 radical (unpaired) electrons. The zero-order valence-corrected chi connectivity index (χ0v) is 21.8. The van der Waals surface area contributed by atoms with E-state index in [0.717, 1.165) is 53.5 Å². The Kier molecular flexibility index (Phi) is 9.35. The molecule has 5 nitrogen and oxygen atoms in total. The van der Waals surface area contributed by atoms with E-state index in [2.05, 4.69) is 63.6 Å². The highest BCUT2D eigenvalue weighted by Gasteiger charge is 2.15. The summed E-state index contributed by atoms with van der Waals surface area (Å²) in [6, 6.07) is 16.4. The van der Waals surface area contributed by atoms with Crippen LogP contribution in [0.15, 0.2) is 60.1 Å². The van der Waals surface area contributed by atoms with Crippen molar-refractivity contribution in [3.63, 3.8) is 0 Å². The Labute approximate surface area is 216 Å². The molecule has 0 aliphatic carbocycles. The summed E-state index contributed by atoms with van der Waals surface area (Å²) in [5, 5.41) is 7.83. The smallest absolute Gasteiger partial charge is 0.270 e. The third kappa shape index (κ3) is 7.40. The van der Waals surface area contributed by atoms with Crippen LogP contribution in [0.5, 0.6) is 0 Å². The van der Waals surface area contributed by atoms with Gasteiger partial charge in [-0.15, -0.1) is 11.3 Å². The van der Waals surface area contributed by atoms with Gasteiger partial charge in [0.1, 0.15) is 10.7 Å². The third-order valence-corrected chi connectivity index (χ3v) is 7.20. The van der Waals surface area contributed by atoms with Gasteiger partial charge in [0.05, 0.1) is 6.54 Å². The van der Waals surface area contributed by atoms with Crippen LogP contribution in [0.3, 0.4) is 0 Å². The standard InChI is InChI=1S/C28H33ClN4OS/c1-2-3-4-7-14-30-28(34)26-20-35-27(32-26)19-33(18-21-9-8-10-23(29)16-21)15-13-22-17-31-25-12-6-5-11-24(22)25/h5-6,8-12,16-17,20,31H,2-4,7,13-15,18-19H2,1H3,(H,30,34). The minimum Gasteiger partial charge on any atom is -0.361 e. The summed E-state index contributed by atoms with van der Waals surface area (Å²) in [6.45, 7) is 5.21. The summed E-state index contributed by atoms with van der Waals surface area (Å²) in [7, 11) is 0. The topological polar surface area (TPSA) is 61.0 Å². The minimum absolute atomic E-state index is 0.0795. The maximum Gasteiger partial charge on any atom is 0.270 e. The molecule has 2 heterocycles. The fourth-order valence-electron chi connectivity index (χ4n) is 4.25. The lowest BCUT2D eigenvalue weighted by Gasteiger charge is -2.21. The normalized spacial score (nSPS) is 11.4. The largest absolute Gasteiger partial charge is 0.361 e. The van der Waals surface area contributed by atoms with E-state index in [1.165, 1.54) is 23.8 Å². The van der Waals surface area contributed by atoms with Gasteiger partial charge in [0.25, 0.3) is 5.91 Å². The van der Waals surface area contributed by atoms with Gasteiger partial charge in [0.2, 0.25) is 0 Å². The van der Waals surface area contributed by atoms with Gasteiger partial charge in [-0.2, -0.15) is 0 Å². The molecule has 2 aromatic carbocycles. The van der Waals surface area contributed by atoms with E-state index in [1.54, 1.807) is 11.3 Å². The van der Waals surface area contributed by atoms with Gasteiger partial charge in [-0.05, 0) is 42.2 Å². The summed E-state index contributed by atoms with van der Waals surface area (Å²) < 4.78 is 0. The molecule has 35 heavy (non-hydrogen) atoms. The van der Waals surface area contributed by atoms with Crippen LogP contribution in [0, 0.1) is 0 Å². The average molecular weight is 509 g/mol. The van der Waals surface area contributed by atoms with Crippen LogP contribution in [0.4, 0.5) is 0 Å². The van der Waals surface area contributed by atoms with Gasteiger partial charge in [-0.25, -0.2) is 4.98 Å². The molecule has 0 aliphatic rings. The number of halogens is 1. The molecule has 0 fully saturated rings. The third-order valence-electron chi connectivity index (χ3n) is 6.13. The molecule has 0 unspecified atom stereocenters. The van der Waals surface area contributed by atoms with Crippen molar-refractivity contribution in [1.29, 1.82) is 0 Å². The lowest BCUT2D eigenvalue weighted by molar-refractivity contribution is 0.0948. The fourth-order valence-corrected chi connectivity index (χ4v) is 5.28. The van der Waals surface area contributed by atoms with Crippen LogP contribution in [0.25, 0.3) is 10.9 Å². The van der Waals surface area contributed by atoms with Crippen LogP contribution in [-0.4, -0.2) is 33.9 Å². The molecule has 0 aliphatic heterocycles. The number of nitrogens with one attached hydrogen (secondary N) is 2. The van der Waals surface area contributed by atoms with E-state index >= 15 is 0 Å². The summed E-state index contributed by atoms with van der Waals surface area (Å²) in [5.41, 5.74) is 4.14. The van der Waals surface area contributed by atoms with Crippen molar-refractivity contribution in [3.05, 3.63) is 87.0 Å². The van der Waals surface area contributed by atoms with E-state index in [0.29, 0.717) is 18.8 Å². The number of H-pyrrole nitrogens is 1. The quantitative estimate of drug-likeness (QED) is 0.194. The Bertz CT molecular complexity index is 1230. The predicted octanol–water partition coefficient (Wildman–Crippen LogP) is 6.83. The molecule has 2 N–H and O–H groups in total. The van der Waals surface area contributed by atoms with E-state index in [9.17, 15) is 4.79 Å². The summed E-state index contributed by atoms with van der Waals surface area (Å²) in [5.74, 6) is -0.0795. The van der Waals surface area contributed by atoms with Crippen molar-refractivity contribution in [3.8, 4) is 0 Å². The number of aromatic amines is 1. The highest BCUT2D eigenvalue weighted by molar-refractivity contribution is 7.09. The Hall–Kier alpha value is -2.67. The number of rotatable bonds is 13. The van der Waals surface area contributed by atoms with Crippen molar-refractivity contribution in [2.45, 2.75) is 52.1 Å². The van der Waals surface area contributed by atoms with Crippen LogP contribution in [0.1, 0.15) is 59.2 Å². The molecule has 1 amide bonds. The predicted molar refractivity (Wildman–Crippen MR) is 146 cm³/mol. The Morgan fingerprint density at radius 1 is 1.11 bits per heavy atom. The highest BCUT2D eigenvalue weighted by Crippen LogP contribution is 2.21. The van der Waals surface area contributed by atoms with Crippen LogP contribution < -0.4 is 5.32 Å². The van der Waals surface area contributed by atoms with Crippen molar-refractivity contribution in [1.82, 2.24) is 20.2 Å². The first kappa shape index (κ1) is 25.4.